The van der Waals surface area contributed by atoms with E-state index in [2.05, 4.69) is 182 Å². The SMILES string of the molecule is FC(F)(F)c1c[c-]cc(C(F)(F)F)c1.O=C(O)c1cc(C(F)(F)F)cc(C(F)(F)F)c1.[Pd].c1ccc([PH+](c2ccccc2)c2ccccc2)cc1.c1ccc([PH+](c2ccccc2)c2ccccc2)cc1. The maximum atomic E-state index is 12.2. The first kappa shape index (κ1) is 56.5. The number of carboxylic acid groups (broad SMARTS) is 1. The minimum atomic E-state index is -5.04. The first-order valence-electron chi connectivity index (χ1n) is 20.4. The largest absolute Gasteiger partial charge is 0.478 e. The van der Waals surface area contributed by atoms with E-state index in [1.165, 1.54) is 31.8 Å². The van der Waals surface area contributed by atoms with Crippen molar-refractivity contribution in [3.8, 4) is 0 Å². The van der Waals surface area contributed by atoms with Gasteiger partial charge in [0.1, 0.15) is 31.8 Å². The number of carboxylic acids is 1. The normalized spacial score (nSPS) is 11.4. The van der Waals surface area contributed by atoms with E-state index in [0.29, 0.717) is 12.1 Å². The van der Waals surface area contributed by atoms with Gasteiger partial charge in [-0.25, -0.2) is 4.79 Å². The van der Waals surface area contributed by atoms with Crippen LogP contribution in [0.2, 0.25) is 0 Å². The fourth-order valence-corrected chi connectivity index (χ4v) is 11.7. The van der Waals surface area contributed by atoms with E-state index in [1.807, 2.05) is 0 Å². The number of benzene rings is 8. The quantitative estimate of drug-likeness (QED) is 0.0747. The molecule has 0 aliphatic heterocycles. The molecule has 0 bridgehead atoms. The van der Waals surface area contributed by atoms with Crippen LogP contribution < -0.4 is 31.8 Å². The summed E-state index contributed by atoms with van der Waals surface area (Å²) < 4.78 is 145. The van der Waals surface area contributed by atoms with Crippen LogP contribution >= 0.6 is 15.8 Å². The van der Waals surface area contributed by atoms with Gasteiger partial charge in [-0.2, -0.15) is 70.9 Å². The van der Waals surface area contributed by atoms with Gasteiger partial charge in [0.2, 0.25) is 0 Å². The molecule has 2 nitrogen and oxygen atoms in total. The third-order valence-electron chi connectivity index (χ3n) is 9.65. The average molecular weight is 1100 g/mol. The van der Waals surface area contributed by atoms with Crippen molar-refractivity contribution in [3.05, 3.63) is 252 Å². The Bertz CT molecular complexity index is 2430. The first-order chi connectivity index (χ1) is 32.6. The molecule has 0 heterocycles. The summed E-state index contributed by atoms with van der Waals surface area (Å²) in [6.07, 6.45) is -19.6. The minimum absolute atomic E-state index is 0. The Kier molecular flexibility index (Phi) is 20.7. The maximum Gasteiger partial charge on any atom is 0.416 e. The van der Waals surface area contributed by atoms with Crippen LogP contribution in [-0.4, -0.2) is 11.1 Å². The molecule has 0 saturated carbocycles. The molecule has 0 radical (unpaired) electrons. The maximum absolute atomic E-state index is 12.2. The Morgan fingerprint density at radius 1 is 0.343 bits per heavy atom. The first-order valence-corrected chi connectivity index (χ1v) is 23.4. The predicted molar refractivity (Wildman–Crippen MR) is 252 cm³/mol. The summed E-state index contributed by atoms with van der Waals surface area (Å²) in [6.45, 7) is 0. The van der Waals surface area contributed by atoms with Crippen LogP contribution in [0.5, 0.6) is 0 Å². The summed E-state index contributed by atoms with van der Waals surface area (Å²) in [4.78, 5) is 10.4. The molecule has 0 unspecified atom stereocenters. The van der Waals surface area contributed by atoms with E-state index in [9.17, 15) is 57.5 Å². The molecule has 0 aliphatic rings. The van der Waals surface area contributed by atoms with Gasteiger partial charge in [-0.1, -0.05) is 120 Å². The van der Waals surface area contributed by atoms with Gasteiger partial charge in [0.25, 0.3) is 0 Å². The van der Waals surface area contributed by atoms with Gasteiger partial charge < -0.3 is 5.11 Å². The van der Waals surface area contributed by atoms with Gasteiger partial charge in [-0.05, 0) is 91.0 Å². The Hall–Kier alpha value is -6.09. The zero-order valence-corrected chi connectivity index (χ0v) is 39.5. The molecule has 0 spiro atoms. The zero-order chi connectivity index (χ0) is 50.2. The van der Waals surface area contributed by atoms with Crippen molar-refractivity contribution in [2.24, 2.45) is 0 Å². The summed E-state index contributed by atoms with van der Waals surface area (Å²) in [7, 11) is -1.75. The van der Waals surface area contributed by atoms with Crippen molar-refractivity contribution in [2.45, 2.75) is 24.7 Å². The van der Waals surface area contributed by atoms with Crippen molar-refractivity contribution in [3.63, 3.8) is 0 Å². The van der Waals surface area contributed by atoms with Gasteiger partial charge >= 0.3 is 30.7 Å². The fraction of sp³-hybridized carbons (Fsp3) is 0.0755. The van der Waals surface area contributed by atoms with Crippen LogP contribution in [0.4, 0.5) is 52.7 Å². The number of aromatic carboxylic acids is 1. The van der Waals surface area contributed by atoms with E-state index in [4.69, 9.17) is 5.11 Å². The molecule has 1 N–H and O–H groups in total. The molecule has 0 saturated heterocycles. The number of carbonyl (C=O) groups is 1. The van der Waals surface area contributed by atoms with Gasteiger partial charge in [0, 0.05) is 20.4 Å². The summed E-state index contributed by atoms with van der Waals surface area (Å²) >= 11 is 0. The minimum Gasteiger partial charge on any atom is -0.478 e. The smallest absolute Gasteiger partial charge is 0.416 e. The van der Waals surface area contributed by atoms with E-state index >= 15 is 0 Å². The van der Waals surface area contributed by atoms with Gasteiger partial charge in [-0.15, -0.1) is 6.07 Å². The van der Waals surface area contributed by atoms with Crippen LogP contribution in [0.1, 0.15) is 32.6 Å². The van der Waals surface area contributed by atoms with E-state index in [1.54, 1.807) is 6.07 Å². The molecule has 0 fully saturated rings. The van der Waals surface area contributed by atoms with E-state index < -0.39 is 74.3 Å². The van der Waals surface area contributed by atoms with Gasteiger partial charge in [-0.3, -0.25) is 0 Å². The van der Waals surface area contributed by atoms with Crippen LogP contribution in [0.25, 0.3) is 0 Å². The van der Waals surface area contributed by atoms with Crippen LogP contribution in [0.15, 0.2) is 218 Å². The van der Waals surface area contributed by atoms with Crippen LogP contribution in [0.3, 0.4) is 0 Å². The molecule has 0 aliphatic carbocycles. The summed E-state index contributed by atoms with van der Waals surface area (Å²) in [5.74, 6) is -1.86. The second kappa shape index (κ2) is 25.7. The third-order valence-corrected chi connectivity index (χ3v) is 15.1. The van der Waals surface area contributed by atoms with Crippen molar-refractivity contribution >= 4 is 53.6 Å². The molecule has 17 heteroatoms. The average Bonchev–Trinajstić information content (AvgIpc) is 3.33. The van der Waals surface area contributed by atoms with Crippen molar-refractivity contribution in [1.29, 1.82) is 0 Å². The molecular weight excluding hydrogens is 1060 g/mol. The molecule has 0 aromatic heterocycles. The van der Waals surface area contributed by atoms with Crippen LogP contribution in [0, 0.1) is 6.07 Å². The Balaban J connectivity index is 0.000000204. The number of alkyl halides is 12. The fourth-order valence-electron chi connectivity index (χ4n) is 6.51. The molecule has 8 rings (SSSR count). The molecule has 70 heavy (non-hydrogen) atoms. The topological polar surface area (TPSA) is 37.3 Å². The van der Waals surface area contributed by atoms with Crippen LogP contribution in [-0.2, 0) is 45.1 Å². The number of halogens is 12. The van der Waals surface area contributed by atoms with E-state index in [0.717, 1.165) is 0 Å². The molecular formula is C53H39F12O2P2Pd+. The van der Waals surface area contributed by atoms with Crippen molar-refractivity contribution in [1.82, 2.24) is 0 Å². The number of hydrogen-bond acceptors (Lipinski definition) is 1. The monoisotopic (exact) mass is 1100 g/mol. The third kappa shape index (κ3) is 17.1. The Morgan fingerprint density at radius 2 is 0.543 bits per heavy atom. The molecule has 8 aromatic rings. The molecule has 8 aromatic carbocycles. The summed E-state index contributed by atoms with van der Waals surface area (Å²) in [5.41, 5.74) is -7.07. The summed E-state index contributed by atoms with van der Waals surface area (Å²) in [5, 5.41) is 17.0. The van der Waals surface area contributed by atoms with Gasteiger partial charge in [0.15, 0.2) is 0 Å². The molecule has 0 atom stereocenters. The standard InChI is InChI=1S/2C18H15P.C9H4F6O2.C8H3F6.Pd/c2*1-4-10-16(11-5-1)19(17-12-6-2-7-13-17)18-14-8-3-9-15-18;10-8(11,12)5-1-4(7(16)17)2-6(3-5)9(13,14)15;9-7(10,11)5-2-1-3-6(4-5)8(12,13)14;/h2*1-15H;1-3H,(H,16,17);2-4H;/q;;;-1;/p+2. The zero-order valence-electron chi connectivity index (χ0n) is 36.0. The second-order valence-electron chi connectivity index (χ2n) is 14.6. The number of hydrogen-bond donors (Lipinski definition) is 1. The number of rotatable bonds is 7. The molecule has 366 valence electrons. The van der Waals surface area contributed by atoms with Crippen molar-refractivity contribution < 1.29 is 83.0 Å². The van der Waals surface area contributed by atoms with Crippen molar-refractivity contribution in [2.75, 3.05) is 0 Å². The summed E-state index contributed by atoms with van der Waals surface area (Å²) in [6, 6.07) is 68.0. The van der Waals surface area contributed by atoms with Gasteiger partial charge in [0.05, 0.1) is 32.5 Å². The van der Waals surface area contributed by atoms with E-state index in [-0.39, 0.29) is 44.7 Å². The Morgan fingerprint density at radius 3 is 0.729 bits per heavy atom. The second-order valence-corrected chi connectivity index (χ2v) is 19.5. The predicted octanol–water partition coefficient (Wildman–Crippen LogP) is 13.3. The Labute approximate surface area is 411 Å². The molecule has 0 amide bonds.